The van der Waals surface area contributed by atoms with E-state index in [9.17, 15) is 13.2 Å². The molecule has 4 rings (SSSR count). The summed E-state index contributed by atoms with van der Waals surface area (Å²) in [7, 11) is 0. The Balaban J connectivity index is 0.000000318. The third-order valence-corrected chi connectivity index (χ3v) is 6.96. The quantitative estimate of drug-likeness (QED) is 0.703. The van der Waals surface area contributed by atoms with Crippen molar-refractivity contribution in [3.63, 3.8) is 0 Å². The average molecular weight is 468 g/mol. The fourth-order valence-corrected chi connectivity index (χ4v) is 5.13. The number of halogens is 5. The number of hydrogen-bond acceptors (Lipinski definition) is 4. The number of hydrogen-bond donors (Lipinski definition) is 2. The van der Waals surface area contributed by atoms with Crippen LogP contribution in [0.4, 0.5) is 18.9 Å². The fourth-order valence-electron chi connectivity index (χ4n) is 4.71. The molecule has 0 aromatic heterocycles. The number of anilines is 1. The first-order valence-electron chi connectivity index (χ1n) is 10.1. The number of nitrogens with zero attached hydrogens (tertiary/aromatic N) is 2. The van der Waals surface area contributed by atoms with Gasteiger partial charge < -0.3 is 15.3 Å². The molecule has 2 aliphatic heterocycles. The minimum Gasteiger partial charge on any atom is -0.475 e. The second-order valence-electron chi connectivity index (χ2n) is 8.18. The summed E-state index contributed by atoms with van der Waals surface area (Å²) in [5.74, 6) is 0.0546. The Morgan fingerprint density at radius 2 is 1.67 bits per heavy atom. The Bertz CT molecular complexity index is 730. The van der Waals surface area contributed by atoms with Crippen LogP contribution < -0.4 is 10.2 Å². The van der Waals surface area contributed by atoms with Gasteiger partial charge in [-0.25, -0.2) is 4.79 Å². The van der Waals surface area contributed by atoms with Crippen LogP contribution in [-0.2, 0) is 4.79 Å². The maximum absolute atomic E-state index is 10.6. The monoisotopic (exact) mass is 467 g/mol. The maximum Gasteiger partial charge on any atom is 0.490 e. The Hall–Kier alpha value is -1.22. The van der Waals surface area contributed by atoms with E-state index in [1.165, 1.54) is 32.5 Å². The van der Waals surface area contributed by atoms with Crippen molar-refractivity contribution in [1.82, 2.24) is 10.2 Å². The number of benzene rings is 1. The molecule has 2 unspecified atom stereocenters. The highest BCUT2D eigenvalue weighted by atomic mass is 35.5. The van der Waals surface area contributed by atoms with Gasteiger partial charge in [0.2, 0.25) is 0 Å². The minimum atomic E-state index is -5.08. The molecule has 2 N–H and O–H groups in total. The summed E-state index contributed by atoms with van der Waals surface area (Å²) in [5.41, 5.74) is 1.08. The molecule has 3 fully saturated rings. The van der Waals surface area contributed by atoms with Gasteiger partial charge in [-0.2, -0.15) is 13.2 Å². The number of carboxylic acid groups (broad SMARTS) is 1. The molecule has 0 amide bonds. The second-order valence-corrected chi connectivity index (χ2v) is 8.96. The van der Waals surface area contributed by atoms with E-state index in [2.05, 4.69) is 21.2 Å². The smallest absolute Gasteiger partial charge is 0.475 e. The SMILES string of the molecule is Clc1cccc(N2CCN(CC3CC4CNCC4C3)CC2)c1Cl.O=C(O)C(F)(F)F. The number of fused-ring (bicyclic) bond motifs is 1. The number of carbonyl (C=O) groups is 1. The lowest BCUT2D eigenvalue weighted by Gasteiger charge is -2.37. The standard InChI is InChI=1S/C18H25Cl2N3.C2HF3O2/c19-16-2-1-3-17(18(16)20)23-6-4-22(5-7-23)12-13-8-14-10-21-11-15(14)9-13;3-2(4,5)1(6)7/h1-3,13-15,21H,4-12H2;(H,6,7). The van der Waals surface area contributed by atoms with Gasteiger partial charge in [0.05, 0.1) is 15.7 Å². The molecule has 0 bridgehead atoms. The second kappa shape index (κ2) is 9.94. The van der Waals surface area contributed by atoms with Crippen molar-refractivity contribution in [2.75, 3.05) is 50.7 Å². The topological polar surface area (TPSA) is 55.8 Å². The van der Waals surface area contributed by atoms with E-state index in [1.807, 2.05) is 12.1 Å². The van der Waals surface area contributed by atoms with E-state index >= 15 is 0 Å². The first-order chi connectivity index (χ1) is 14.1. The minimum absolute atomic E-state index is 0.651. The van der Waals surface area contributed by atoms with Crippen LogP contribution in [0.25, 0.3) is 0 Å². The number of aliphatic carboxylic acids is 1. The summed E-state index contributed by atoms with van der Waals surface area (Å²) in [6.45, 7) is 8.14. The molecule has 10 heteroatoms. The van der Waals surface area contributed by atoms with Gasteiger partial charge in [0.1, 0.15) is 0 Å². The summed E-state index contributed by atoms with van der Waals surface area (Å²) < 4.78 is 31.7. The van der Waals surface area contributed by atoms with Crippen LogP contribution in [0.1, 0.15) is 12.8 Å². The van der Waals surface area contributed by atoms with Crippen molar-refractivity contribution in [1.29, 1.82) is 0 Å². The molecule has 0 spiro atoms. The Morgan fingerprint density at radius 1 is 1.10 bits per heavy atom. The molecule has 1 aromatic carbocycles. The van der Waals surface area contributed by atoms with Crippen LogP contribution in [0.2, 0.25) is 10.0 Å². The molecular formula is C20H26Cl2F3N3O2. The van der Waals surface area contributed by atoms with Crippen LogP contribution in [-0.4, -0.2) is 68.0 Å². The Kier molecular flexibility index (Phi) is 7.76. The summed E-state index contributed by atoms with van der Waals surface area (Å²) in [6, 6.07) is 5.92. The number of alkyl halides is 3. The highest BCUT2D eigenvalue weighted by molar-refractivity contribution is 6.43. The predicted molar refractivity (Wildman–Crippen MR) is 111 cm³/mol. The van der Waals surface area contributed by atoms with Gasteiger partial charge in [0.15, 0.2) is 0 Å². The summed E-state index contributed by atoms with van der Waals surface area (Å²) in [5, 5.41) is 12.0. The van der Waals surface area contributed by atoms with Crippen LogP contribution in [0.5, 0.6) is 0 Å². The summed E-state index contributed by atoms with van der Waals surface area (Å²) >= 11 is 12.5. The fraction of sp³-hybridized carbons (Fsp3) is 0.650. The molecular weight excluding hydrogens is 442 g/mol. The van der Waals surface area contributed by atoms with Gasteiger partial charge >= 0.3 is 12.1 Å². The van der Waals surface area contributed by atoms with Crippen molar-refractivity contribution in [2.45, 2.75) is 19.0 Å². The zero-order chi connectivity index (χ0) is 21.9. The van der Waals surface area contributed by atoms with Crippen molar-refractivity contribution in [3.05, 3.63) is 28.2 Å². The third kappa shape index (κ3) is 5.93. The zero-order valence-electron chi connectivity index (χ0n) is 16.5. The van der Waals surface area contributed by atoms with Crippen molar-refractivity contribution in [3.8, 4) is 0 Å². The maximum atomic E-state index is 10.6. The van der Waals surface area contributed by atoms with E-state index in [0.717, 1.165) is 49.6 Å². The summed E-state index contributed by atoms with van der Waals surface area (Å²) in [4.78, 5) is 13.9. The van der Waals surface area contributed by atoms with Crippen molar-refractivity contribution < 1.29 is 23.1 Å². The molecule has 1 aromatic rings. The summed E-state index contributed by atoms with van der Waals surface area (Å²) in [6.07, 6.45) is -2.23. The molecule has 1 saturated carbocycles. The predicted octanol–water partition coefficient (Wildman–Crippen LogP) is 3.99. The largest absolute Gasteiger partial charge is 0.490 e. The van der Waals surface area contributed by atoms with E-state index in [-0.39, 0.29) is 0 Å². The molecule has 3 aliphatic rings. The van der Waals surface area contributed by atoms with Gasteiger partial charge in [-0.1, -0.05) is 29.3 Å². The molecule has 2 atom stereocenters. The van der Waals surface area contributed by atoms with Gasteiger partial charge in [-0.3, -0.25) is 4.90 Å². The van der Waals surface area contributed by atoms with Crippen LogP contribution in [0.3, 0.4) is 0 Å². The molecule has 0 radical (unpaired) electrons. The van der Waals surface area contributed by atoms with E-state index in [1.54, 1.807) is 0 Å². The van der Waals surface area contributed by atoms with Gasteiger partial charge in [0, 0.05) is 32.7 Å². The highest BCUT2D eigenvalue weighted by Gasteiger charge is 2.38. The molecule has 2 heterocycles. The van der Waals surface area contributed by atoms with E-state index < -0.39 is 12.1 Å². The number of nitrogens with one attached hydrogen (secondary N) is 1. The Morgan fingerprint density at radius 3 is 2.20 bits per heavy atom. The molecule has 30 heavy (non-hydrogen) atoms. The molecule has 5 nitrogen and oxygen atoms in total. The first kappa shape index (κ1) is 23.4. The van der Waals surface area contributed by atoms with Crippen LogP contribution in [0, 0.1) is 17.8 Å². The lowest BCUT2D eigenvalue weighted by Crippen LogP contribution is -2.47. The van der Waals surface area contributed by atoms with E-state index in [4.69, 9.17) is 33.1 Å². The van der Waals surface area contributed by atoms with Crippen molar-refractivity contribution >= 4 is 34.9 Å². The number of rotatable bonds is 3. The highest BCUT2D eigenvalue weighted by Crippen LogP contribution is 2.39. The average Bonchev–Trinajstić information content (AvgIpc) is 3.26. The Labute approximate surface area is 184 Å². The number of piperazine rings is 1. The lowest BCUT2D eigenvalue weighted by molar-refractivity contribution is -0.192. The first-order valence-corrected chi connectivity index (χ1v) is 10.8. The zero-order valence-corrected chi connectivity index (χ0v) is 18.0. The van der Waals surface area contributed by atoms with Crippen LogP contribution >= 0.6 is 23.2 Å². The number of carboxylic acids is 1. The molecule has 1 aliphatic carbocycles. The van der Waals surface area contributed by atoms with Gasteiger partial charge in [0.25, 0.3) is 0 Å². The van der Waals surface area contributed by atoms with Crippen LogP contribution in [0.15, 0.2) is 18.2 Å². The normalized spacial score (nSPS) is 26.8. The van der Waals surface area contributed by atoms with E-state index in [0.29, 0.717) is 10.0 Å². The molecule has 2 saturated heterocycles. The van der Waals surface area contributed by atoms with Crippen molar-refractivity contribution in [2.24, 2.45) is 17.8 Å². The lowest BCUT2D eigenvalue weighted by atomic mass is 10.0. The van der Waals surface area contributed by atoms with Gasteiger partial charge in [-0.15, -0.1) is 0 Å². The molecule has 168 valence electrons. The third-order valence-electron chi connectivity index (χ3n) is 6.15. The van der Waals surface area contributed by atoms with Gasteiger partial charge in [-0.05, 0) is 55.8 Å².